The largest absolute Gasteiger partial charge is 0.394 e. The first-order valence-electron chi connectivity index (χ1n) is 7.84. The summed E-state index contributed by atoms with van der Waals surface area (Å²) < 4.78 is 1.32. The maximum atomic E-state index is 12.2. The number of aliphatic hydroxyl groups is 1. The van der Waals surface area contributed by atoms with Gasteiger partial charge in [0.15, 0.2) is 11.5 Å². The summed E-state index contributed by atoms with van der Waals surface area (Å²) in [6, 6.07) is 2.93. The van der Waals surface area contributed by atoms with Crippen LogP contribution in [0.15, 0.2) is 16.9 Å². The first kappa shape index (κ1) is 19.0. The average Bonchev–Trinajstić information content (AvgIpc) is 3.05. The first-order chi connectivity index (χ1) is 12.3. The molecular weight excluding hydrogens is 401 g/mol. The standard InChI is InChI=1S/C16H16Cl3N5O2/c1-3-8(6-25)20-14-12-15(24(2)16(26)23-14)22-13(21-12)9-4-7(17)5-10(18)11(9)19/h4-5,8,25H,3,6H2,1-2H3,(H,21,22)(H,20,23,26)/t8-/m1/s1. The van der Waals surface area contributed by atoms with Crippen molar-refractivity contribution in [1.29, 1.82) is 0 Å². The van der Waals surface area contributed by atoms with E-state index in [0.717, 1.165) is 0 Å². The molecule has 0 unspecified atom stereocenters. The van der Waals surface area contributed by atoms with Crippen molar-refractivity contribution in [1.82, 2.24) is 19.5 Å². The second kappa shape index (κ2) is 7.44. The molecule has 26 heavy (non-hydrogen) atoms. The Morgan fingerprint density at radius 1 is 1.31 bits per heavy atom. The molecule has 2 heterocycles. The number of aliphatic hydroxyl groups excluding tert-OH is 1. The molecule has 138 valence electrons. The Bertz CT molecular complexity index is 1030. The van der Waals surface area contributed by atoms with Crippen LogP contribution in [-0.2, 0) is 7.05 Å². The lowest BCUT2D eigenvalue weighted by atomic mass is 10.2. The smallest absolute Gasteiger partial charge is 0.351 e. The van der Waals surface area contributed by atoms with Gasteiger partial charge in [-0.25, -0.2) is 9.78 Å². The fraction of sp³-hybridized carbons (Fsp3) is 0.312. The predicted molar refractivity (Wildman–Crippen MR) is 104 cm³/mol. The second-order valence-corrected chi connectivity index (χ2v) is 6.99. The summed E-state index contributed by atoms with van der Waals surface area (Å²) in [6.07, 6.45) is 0.658. The second-order valence-electron chi connectivity index (χ2n) is 5.77. The number of hydrogen-bond donors (Lipinski definition) is 3. The summed E-state index contributed by atoms with van der Waals surface area (Å²) in [5, 5.41) is 13.5. The van der Waals surface area contributed by atoms with Crippen LogP contribution in [0.3, 0.4) is 0 Å². The molecule has 0 radical (unpaired) electrons. The van der Waals surface area contributed by atoms with Gasteiger partial charge in [-0.1, -0.05) is 41.7 Å². The zero-order valence-corrected chi connectivity index (χ0v) is 16.2. The van der Waals surface area contributed by atoms with Gasteiger partial charge in [-0.2, -0.15) is 4.98 Å². The summed E-state index contributed by atoms with van der Waals surface area (Å²) in [4.78, 5) is 23.8. The molecule has 0 aliphatic carbocycles. The van der Waals surface area contributed by atoms with Gasteiger partial charge in [0, 0.05) is 17.6 Å². The van der Waals surface area contributed by atoms with Crippen molar-refractivity contribution in [2.75, 3.05) is 11.9 Å². The first-order valence-corrected chi connectivity index (χ1v) is 8.98. The van der Waals surface area contributed by atoms with Gasteiger partial charge in [-0.05, 0) is 18.6 Å². The molecule has 0 spiro atoms. The van der Waals surface area contributed by atoms with Crippen molar-refractivity contribution in [3.63, 3.8) is 0 Å². The Hall–Kier alpha value is -1.80. The number of nitrogens with one attached hydrogen (secondary N) is 2. The highest BCUT2D eigenvalue weighted by Crippen LogP contribution is 2.36. The van der Waals surface area contributed by atoms with Crippen molar-refractivity contribution >= 4 is 51.8 Å². The fourth-order valence-corrected chi connectivity index (χ4v) is 3.21. The van der Waals surface area contributed by atoms with Crippen LogP contribution in [0, 0.1) is 0 Å². The van der Waals surface area contributed by atoms with Crippen molar-refractivity contribution in [3.05, 3.63) is 37.7 Å². The number of rotatable bonds is 5. The molecule has 3 N–H and O–H groups in total. The van der Waals surface area contributed by atoms with Gasteiger partial charge in [0.2, 0.25) is 0 Å². The summed E-state index contributed by atoms with van der Waals surface area (Å²) in [7, 11) is 1.57. The minimum absolute atomic E-state index is 0.0917. The van der Waals surface area contributed by atoms with Crippen LogP contribution >= 0.6 is 34.8 Å². The normalized spacial score (nSPS) is 12.5. The number of aryl methyl sites for hydroxylation is 1. The number of hydrogen-bond acceptors (Lipinski definition) is 5. The molecule has 10 heteroatoms. The van der Waals surface area contributed by atoms with Gasteiger partial charge in [0.1, 0.15) is 11.3 Å². The number of fused-ring (bicyclic) bond motifs is 1. The fourth-order valence-electron chi connectivity index (χ4n) is 2.52. The number of benzene rings is 1. The zero-order valence-electron chi connectivity index (χ0n) is 14.0. The van der Waals surface area contributed by atoms with E-state index in [1.54, 1.807) is 13.1 Å². The monoisotopic (exact) mass is 415 g/mol. The van der Waals surface area contributed by atoms with Gasteiger partial charge in [-0.15, -0.1) is 0 Å². The summed E-state index contributed by atoms with van der Waals surface area (Å²) in [5.41, 5.74) is 0.942. The average molecular weight is 417 g/mol. The van der Waals surface area contributed by atoms with Crippen molar-refractivity contribution in [2.24, 2.45) is 7.05 Å². The highest BCUT2D eigenvalue weighted by molar-refractivity contribution is 6.45. The molecule has 0 bridgehead atoms. The molecule has 3 rings (SSSR count). The molecule has 0 saturated carbocycles. The number of halogens is 3. The van der Waals surface area contributed by atoms with Crippen LogP contribution in [0.4, 0.5) is 5.82 Å². The number of aromatic nitrogens is 4. The maximum Gasteiger partial charge on any atom is 0.351 e. The summed E-state index contributed by atoms with van der Waals surface area (Å²) in [6.45, 7) is 1.82. The Balaban J connectivity index is 2.22. The molecule has 0 aliphatic heterocycles. The lowest BCUT2D eigenvalue weighted by molar-refractivity contribution is 0.271. The van der Waals surface area contributed by atoms with Crippen molar-refractivity contribution in [3.8, 4) is 11.4 Å². The van der Waals surface area contributed by atoms with Gasteiger partial charge in [0.05, 0.1) is 22.7 Å². The molecular formula is C16H16Cl3N5O2. The van der Waals surface area contributed by atoms with Gasteiger partial charge in [0.25, 0.3) is 0 Å². The van der Waals surface area contributed by atoms with Gasteiger partial charge in [-0.3, -0.25) is 4.57 Å². The number of anilines is 1. The molecule has 1 aromatic carbocycles. The Morgan fingerprint density at radius 3 is 2.69 bits per heavy atom. The minimum atomic E-state index is -0.471. The number of H-pyrrole nitrogens is 1. The van der Waals surface area contributed by atoms with Crippen LogP contribution in [0.2, 0.25) is 15.1 Å². The molecule has 0 saturated heterocycles. The molecule has 0 fully saturated rings. The van der Waals surface area contributed by atoms with Gasteiger partial charge < -0.3 is 15.4 Å². The van der Waals surface area contributed by atoms with E-state index in [0.29, 0.717) is 49.9 Å². The Morgan fingerprint density at radius 2 is 2.04 bits per heavy atom. The SMILES string of the molecule is CC[C@H](CO)Nc1nc(=O)n(C)c2nc(-c3cc(Cl)cc(Cl)c3Cl)[nH]c12. The van der Waals surface area contributed by atoms with E-state index in [4.69, 9.17) is 34.8 Å². The van der Waals surface area contributed by atoms with Crippen LogP contribution in [0.1, 0.15) is 13.3 Å². The van der Waals surface area contributed by atoms with E-state index in [-0.39, 0.29) is 12.6 Å². The van der Waals surface area contributed by atoms with Crippen LogP contribution in [-0.4, -0.2) is 37.3 Å². The lowest BCUT2D eigenvalue weighted by Crippen LogP contribution is -2.27. The van der Waals surface area contributed by atoms with Crippen LogP contribution in [0.5, 0.6) is 0 Å². The predicted octanol–water partition coefficient (Wildman–Crippen LogP) is 3.47. The van der Waals surface area contributed by atoms with Crippen molar-refractivity contribution < 1.29 is 5.11 Å². The van der Waals surface area contributed by atoms with E-state index in [1.807, 2.05) is 6.92 Å². The molecule has 3 aromatic rings. The molecule has 2 aromatic heterocycles. The number of aromatic amines is 1. The molecule has 7 nitrogen and oxygen atoms in total. The van der Waals surface area contributed by atoms with E-state index in [9.17, 15) is 9.90 Å². The maximum absolute atomic E-state index is 12.2. The Labute approximate surface area is 163 Å². The van der Waals surface area contributed by atoms with Crippen molar-refractivity contribution in [2.45, 2.75) is 19.4 Å². The third kappa shape index (κ3) is 3.40. The molecule has 0 aliphatic rings. The highest BCUT2D eigenvalue weighted by Gasteiger charge is 2.19. The topological polar surface area (TPSA) is 95.8 Å². The highest BCUT2D eigenvalue weighted by atomic mass is 35.5. The third-order valence-corrected chi connectivity index (χ3v) is 5.06. The van der Waals surface area contributed by atoms with Crippen LogP contribution < -0.4 is 11.0 Å². The molecule has 1 atom stereocenters. The van der Waals surface area contributed by atoms with E-state index in [2.05, 4.69) is 20.3 Å². The Kier molecular flexibility index (Phi) is 5.43. The minimum Gasteiger partial charge on any atom is -0.394 e. The van der Waals surface area contributed by atoms with E-state index < -0.39 is 5.69 Å². The summed E-state index contributed by atoms with van der Waals surface area (Å²) >= 11 is 18.5. The summed E-state index contributed by atoms with van der Waals surface area (Å²) in [5.74, 6) is 0.712. The lowest BCUT2D eigenvalue weighted by Gasteiger charge is -2.15. The van der Waals surface area contributed by atoms with E-state index >= 15 is 0 Å². The third-order valence-electron chi connectivity index (χ3n) is 4.04. The molecule has 0 amide bonds. The number of imidazole rings is 1. The quantitative estimate of drug-likeness (QED) is 0.554. The zero-order chi connectivity index (χ0) is 19.0. The van der Waals surface area contributed by atoms with Crippen LogP contribution in [0.25, 0.3) is 22.6 Å². The van der Waals surface area contributed by atoms with E-state index in [1.165, 1.54) is 10.6 Å². The van der Waals surface area contributed by atoms with Gasteiger partial charge >= 0.3 is 5.69 Å². The number of nitrogens with zero attached hydrogens (tertiary/aromatic N) is 3.